The molecular formula is C21H22N4O2S. The van der Waals surface area contributed by atoms with E-state index >= 15 is 0 Å². The number of nitrogens with zero attached hydrogens (tertiary/aromatic N) is 3. The average Bonchev–Trinajstić information content (AvgIpc) is 3.14. The van der Waals surface area contributed by atoms with Crippen molar-refractivity contribution in [3.8, 4) is 17.1 Å². The Morgan fingerprint density at radius 3 is 2.68 bits per heavy atom. The zero-order chi connectivity index (χ0) is 19.8. The molecule has 1 amide bonds. The molecule has 0 aliphatic carbocycles. The number of benzene rings is 2. The molecule has 0 unspecified atom stereocenters. The zero-order valence-electron chi connectivity index (χ0n) is 15.7. The first-order chi connectivity index (χ1) is 13.7. The van der Waals surface area contributed by atoms with Gasteiger partial charge in [0.05, 0.1) is 18.4 Å². The third-order valence-corrected chi connectivity index (χ3v) is 5.01. The van der Waals surface area contributed by atoms with Gasteiger partial charge in [-0.05, 0) is 17.7 Å². The van der Waals surface area contributed by atoms with Gasteiger partial charge in [-0.15, -0.1) is 16.8 Å². The fourth-order valence-electron chi connectivity index (χ4n) is 2.70. The lowest BCUT2D eigenvalue weighted by Gasteiger charge is -2.10. The van der Waals surface area contributed by atoms with Gasteiger partial charge >= 0.3 is 0 Å². The van der Waals surface area contributed by atoms with Gasteiger partial charge in [0.25, 0.3) is 0 Å². The summed E-state index contributed by atoms with van der Waals surface area (Å²) >= 11 is 1.35. The van der Waals surface area contributed by atoms with E-state index < -0.39 is 0 Å². The molecule has 0 bridgehead atoms. The number of amides is 1. The Hall–Kier alpha value is -3.06. The Labute approximate surface area is 168 Å². The van der Waals surface area contributed by atoms with Gasteiger partial charge in [0.15, 0.2) is 11.0 Å². The highest BCUT2D eigenvalue weighted by Crippen LogP contribution is 2.30. The van der Waals surface area contributed by atoms with E-state index in [0.717, 1.165) is 16.9 Å². The molecule has 6 nitrogen and oxygen atoms in total. The van der Waals surface area contributed by atoms with Crippen molar-refractivity contribution >= 4 is 17.7 Å². The van der Waals surface area contributed by atoms with E-state index in [2.05, 4.69) is 22.1 Å². The summed E-state index contributed by atoms with van der Waals surface area (Å²) in [6.07, 6.45) is 1.78. The number of para-hydroxylation sites is 1. The number of hydrogen-bond acceptors (Lipinski definition) is 5. The molecule has 0 radical (unpaired) electrons. The maximum Gasteiger partial charge on any atom is 0.230 e. The predicted octanol–water partition coefficient (Wildman–Crippen LogP) is 3.55. The van der Waals surface area contributed by atoms with Crippen molar-refractivity contribution in [1.82, 2.24) is 20.1 Å². The van der Waals surface area contributed by atoms with Crippen molar-refractivity contribution < 1.29 is 9.53 Å². The Kier molecular flexibility index (Phi) is 6.86. The summed E-state index contributed by atoms with van der Waals surface area (Å²) < 4.78 is 7.37. The molecule has 144 valence electrons. The first kappa shape index (κ1) is 19.7. The van der Waals surface area contributed by atoms with Crippen molar-refractivity contribution in [2.45, 2.75) is 18.2 Å². The highest BCUT2D eigenvalue weighted by molar-refractivity contribution is 7.99. The molecule has 0 aliphatic heterocycles. The van der Waals surface area contributed by atoms with Crippen molar-refractivity contribution in [2.75, 3.05) is 12.9 Å². The quantitative estimate of drug-likeness (QED) is 0.444. The van der Waals surface area contributed by atoms with Crippen molar-refractivity contribution in [3.05, 3.63) is 72.8 Å². The smallest absolute Gasteiger partial charge is 0.230 e. The van der Waals surface area contributed by atoms with Crippen molar-refractivity contribution in [2.24, 2.45) is 0 Å². The molecular weight excluding hydrogens is 372 g/mol. The van der Waals surface area contributed by atoms with Crippen LogP contribution in [0.15, 0.2) is 72.4 Å². The lowest BCUT2D eigenvalue weighted by Crippen LogP contribution is -2.24. The number of hydrogen-bond donors (Lipinski definition) is 1. The minimum absolute atomic E-state index is 0.0548. The maximum atomic E-state index is 12.2. The van der Waals surface area contributed by atoms with Crippen LogP contribution in [0.3, 0.4) is 0 Å². The molecule has 0 spiro atoms. The topological polar surface area (TPSA) is 69.0 Å². The minimum Gasteiger partial charge on any atom is -0.496 e. The molecule has 2 aromatic carbocycles. The Morgan fingerprint density at radius 2 is 1.93 bits per heavy atom. The van der Waals surface area contributed by atoms with Gasteiger partial charge in [0.2, 0.25) is 5.91 Å². The number of nitrogens with one attached hydrogen (secondary N) is 1. The molecule has 1 aromatic heterocycles. The second-order valence-corrected chi connectivity index (χ2v) is 6.90. The van der Waals surface area contributed by atoms with E-state index in [1.165, 1.54) is 11.8 Å². The third-order valence-electron chi connectivity index (χ3n) is 4.04. The van der Waals surface area contributed by atoms with Crippen LogP contribution in [0.2, 0.25) is 0 Å². The molecule has 1 heterocycles. The van der Waals surface area contributed by atoms with Crippen LogP contribution in [0.4, 0.5) is 0 Å². The fourth-order valence-corrected chi connectivity index (χ4v) is 3.47. The second kappa shape index (κ2) is 9.75. The summed E-state index contributed by atoms with van der Waals surface area (Å²) in [5.74, 6) is 1.61. The third kappa shape index (κ3) is 4.80. The molecule has 0 aliphatic rings. The van der Waals surface area contributed by atoms with Crippen LogP contribution in [0.25, 0.3) is 11.4 Å². The number of ether oxygens (including phenoxy) is 1. The lowest BCUT2D eigenvalue weighted by molar-refractivity contribution is -0.118. The number of aromatic nitrogens is 3. The number of allylic oxidation sites excluding steroid dienone is 1. The van der Waals surface area contributed by atoms with Crippen LogP contribution in [0.1, 0.15) is 5.56 Å². The monoisotopic (exact) mass is 394 g/mol. The van der Waals surface area contributed by atoms with Crippen molar-refractivity contribution in [1.29, 1.82) is 0 Å². The van der Waals surface area contributed by atoms with E-state index in [-0.39, 0.29) is 11.7 Å². The number of methoxy groups -OCH3 is 1. The number of carbonyl (C=O) groups excluding carboxylic acids is 1. The molecule has 28 heavy (non-hydrogen) atoms. The summed E-state index contributed by atoms with van der Waals surface area (Å²) in [6, 6.07) is 17.5. The first-order valence-corrected chi connectivity index (χ1v) is 9.82. The fraction of sp³-hybridized carbons (Fsp3) is 0.190. The Morgan fingerprint density at radius 1 is 1.18 bits per heavy atom. The summed E-state index contributed by atoms with van der Waals surface area (Å²) in [7, 11) is 1.62. The molecule has 1 N–H and O–H groups in total. The van der Waals surface area contributed by atoms with E-state index in [1.54, 1.807) is 13.2 Å². The maximum absolute atomic E-state index is 12.2. The first-order valence-electron chi connectivity index (χ1n) is 8.84. The summed E-state index contributed by atoms with van der Waals surface area (Å²) in [5, 5.41) is 12.2. The highest BCUT2D eigenvalue weighted by Gasteiger charge is 2.17. The minimum atomic E-state index is -0.0548. The largest absolute Gasteiger partial charge is 0.496 e. The number of thioether (sulfide) groups is 1. The number of rotatable bonds is 9. The van der Waals surface area contributed by atoms with Crippen LogP contribution in [0, 0.1) is 0 Å². The normalized spacial score (nSPS) is 10.5. The standard InChI is InChI=1S/C21H22N4O2S/c1-3-13-25-20(17-11-7-8-12-18(17)27-2)23-24-21(25)28-15-19(26)22-14-16-9-5-4-6-10-16/h3-12H,1,13-15H2,2H3,(H,22,26). The van der Waals surface area contributed by atoms with Crippen LogP contribution in [-0.2, 0) is 17.9 Å². The molecule has 0 saturated heterocycles. The Balaban J connectivity index is 1.69. The molecule has 3 rings (SSSR count). The Bertz CT molecular complexity index is 941. The average molecular weight is 395 g/mol. The van der Waals surface area contributed by atoms with E-state index in [9.17, 15) is 4.79 Å². The molecule has 0 fully saturated rings. The van der Waals surface area contributed by atoms with Gasteiger partial charge in [0.1, 0.15) is 5.75 Å². The lowest BCUT2D eigenvalue weighted by atomic mass is 10.2. The highest BCUT2D eigenvalue weighted by atomic mass is 32.2. The van der Waals surface area contributed by atoms with Crippen LogP contribution >= 0.6 is 11.8 Å². The molecule has 0 saturated carbocycles. The van der Waals surface area contributed by atoms with Crippen LogP contribution in [-0.4, -0.2) is 33.5 Å². The van der Waals surface area contributed by atoms with Gasteiger partial charge in [-0.1, -0.05) is 60.3 Å². The van der Waals surface area contributed by atoms with Crippen LogP contribution < -0.4 is 10.1 Å². The van der Waals surface area contributed by atoms with Gasteiger partial charge in [-0.3, -0.25) is 9.36 Å². The molecule has 3 aromatic rings. The summed E-state index contributed by atoms with van der Waals surface area (Å²) in [4.78, 5) is 12.2. The zero-order valence-corrected chi connectivity index (χ0v) is 16.5. The van der Waals surface area contributed by atoms with Crippen molar-refractivity contribution in [3.63, 3.8) is 0 Å². The van der Waals surface area contributed by atoms with Crippen LogP contribution in [0.5, 0.6) is 5.75 Å². The summed E-state index contributed by atoms with van der Waals surface area (Å²) in [5.41, 5.74) is 1.91. The second-order valence-electron chi connectivity index (χ2n) is 5.96. The van der Waals surface area contributed by atoms with E-state index in [0.29, 0.717) is 24.1 Å². The van der Waals surface area contributed by atoms with Gasteiger partial charge in [0, 0.05) is 13.1 Å². The molecule has 0 atom stereocenters. The number of carbonyl (C=O) groups is 1. The van der Waals surface area contributed by atoms with E-state index in [4.69, 9.17) is 4.74 Å². The van der Waals surface area contributed by atoms with Gasteiger partial charge < -0.3 is 10.1 Å². The van der Waals surface area contributed by atoms with Gasteiger partial charge in [-0.2, -0.15) is 0 Å². The van der Waals surface area contributed by atoms with Gasteiger partial charge in [-0.25, -0.2) is 0 Å². The SMILES string of the molecule is C=CCn1c(SCC(=O)NCc2ccccc2)nnc1-c1ccccc1OC. The summed E-state index contributed by atoms with van der Waals surface area (Å²) in [6.45, 7) is 4.86. The predicted molar refractivity (Wildman–Crippen MR) is 111 cm³/mol. The molecule has 7 heteroatoms. The van der Waals surface area contributed by atoms with E-state index in [1.807, 2.05) is 59.2 Å².